The van der Waals surface area contributed by atoms with E-state index in [9.17, 15) is 9.90 Å². The normalized spacial score (nSPS) is 18.0. The van der Waals surface area contributed by atoms with E-state index in [0.29, 0.717) is 5.92 Å². The van der Waals surface area contributed by atoms with Crippen LogP contribution in [0.4, 0.5) is 5.82 Å². The van der Waals surface area contributed by atoms with Crippen LogP contribution in [0.15, 0.2) is 6.07 Å². The van der Waals surface area contributed by atoms with Gasteiger partial charge in [0, 0.05) is 19.0 Å². The molecule has 1 fully saturated rings. The molecule has 1 atom stereocenters. The third-order valence-corrected chi connectivity index (χ3v) is 4.35. The zero-order valence-electron chi connectivity index (χ0n) is 13.3. The lowest BCUT2D eigenvalue weighted by atomic mass is 9.87. The van der Waals surface area contributed by atoms with Gasteiger partial charge in [-0.3, -0.25) is 9.48 Å². The molecular formula is C16H27N3O2. The largest absolute Gasteiger partial charge is 0.392 e. The summed E-state index contributed by atoms with van der Waals surface area (Å²) in [6.07, 6.45) is 5.76. The molecule has 5 heteroatoms. The fourth-order valence-corrected chi connectivity index (χ4v) is 2.82. The van der Waals surface area contributed by atoms with Gasteiger partial charge in [0.15, 0.2) is 0 Å². The third kappa shape index (κ3) is 4.30. The van der Waals surface area contributed by atoms with E-state index in [4.69, 9.17) is 0 Å². The van der Waals surface area contributed by atoms with Gasteiger partial charge in [0.2, 0.25) is 5.91 Å². The summed E-state index contributed by atoms with van der Waals surface area (Å²) in [7, 11) is 1.85. The Morgan fingerprint density at radius 3 is 2.71 bits per heavy atom. The van der Waals surface area contributed by atoms with Gasteiger partial charge in [-0.05, 0) is 18.8 Å². The molecule has 0 radical (unpaired) electrons. The van der Waals surface area contributed by atoms with Gasteiger partial charge in [0.05, 0.1) is 18.2 Å². The van der Waals surface area contributed by atoms with Crippen LogP contribution in [0, 0.1) is 5.92 Å². The molecule has 5 nitrogen and oxygen atoms in total. The summed E-state index contributed by atoms with van der Waals surface area (Å²) in [5.41, 5.74) is 1.08. The highest BCUT2D eigenvalue weighted by Gasteiger charge is 2.20. The van der Waals surface area contributed by atoms with Gasteiger partial charge in [-0.15, -0.1) is 0 Å². The second-order valence-electron chi connectivity index (χ2n) is 6.48. The molecule has 0 aromatic carbocycles. The van der Waals surface area contributed by atoms with Crippen molar-refractivity contribution in [3.8, 4) is 0 Å². The number of aliphatic hydroxyl groups is 1. The summed E-state index contributed by atoms with van der Waals surface area (Å²) in [6.45, 7) is 3.81. The minimum absolute atomic E-state index is 0.0834. The summed E-state index contributed by atoms with van der Waals surface area (Å²) in [5.74, 6) is 1.17. The smallest absolute Gasteiger partial charge is 0.228 e. The van der Waals surface area contributed by atoms with Crippen molar-refractivity contribution in [2.24, 2.45) is 13.0 Å². The van der Waals surface area contributed by atoms with Crippen LogP contribution in [-0.4, -0.2) is 26.9 Å². The number of hydrogen-bond acceptors (Lipinski definition) is 3. The molecular weight excluding hydrogens is 266 g/mol. The average molecular weight is 293 g/mol. The number of anilines is 1. The van der Waals surface area contributed by atoms with Gasteiger partial charge in [0.1, 0.15) is 5.82 Å². The van der Waals surface area contributed by atoms with Crippen molar-refractivity contribution >= 4 is 11.7 Å². The molecule has 1 saturated carbocycles. The van der Waals surface area contributed by atoms with Crippen molar-refractivity contribution < 1.29 is 9.90 Å². The minimum Gasteiger partial charge on any atom is -0.392 e. The Kier molecular flexibility index (Phi) is 5.39. The Labute approximate surface area is 126 Å². The lowest BCUT2D eigenvalue weighted by Gasteiger charge is -2.19. The van der Waals surface area contributed by atoms with E-state index >= 15 is 0 Å². The second kappa shape index (κ2) is 7.07. The molecule has 21 heavy (non-hydrogen) atoms. The summed E-state index contributed by atoms with van der Waals surface area (Å²) in [4.78, 5) is 12.0. The summed E-state index contributed by atoms with van der Waals surface area (Å²) in [5, 5.41) is 17.2. The third-order valence-electron chi connectivity index (χ3n) is 4.35. The van der Waals surface area contributed by atoms with E-state index in [2.05, 4.69) is 10.4 Å². The maximum Gasteiger partial charge on any atom is 0.228 e. The predicted octanol–water partition coefficient (Wildman–Crippen LogP) is 2.81. The standard InChI is InChI=1S/C16H27N3O2/c1-11(2)14(20)10-16(21)17-15-9-13(18-19(15)3)12-7-5-4-6-8-12/h9,11-12,14,20H,4-8,10H2,1-3H3,(H,17,21). The first-order chi connectivity index (χ1) is 9.97. The molecule has 118 valence electrons. The van der Waals surface area contributed by atoms with Gasteiger partial charge >= 0.3 is 0 Å². The van der Waals surface area contributed by atoms with Crippen molar-refractivity contribution in [2.75, 3.05) is 5.32 Å². The predicted molar refractivity (Wildman–Crippen MR) is 83.1 cm³/mol. The van der Waals surface area contributed by atoms with Crippen molar-refractivity contribution in [3.63, 3.8) is 0 Å². The van der Waals surface area contributed by atoms with Crippen LogP contribution in [0.5, 0.6) is 0 Å². The van der Waals surface area contributed by atoms with Gasteiger partial charge < -0.3 is 10.4 Å². The monoisotopic (exact) mass is 293 g/mol. The van der Waals surface area contributed by atoms with Crippen molar-refractivity contribution in [2.45, 2.75) is 64.4 Å². The highest BCUT2D eigenvalue weighted by atomic mass is 16.3. The average Bonchev–Trinajstić information content (AvgIpc) is 2.81. The number of nitrogens with one attached hydrogen (secondary N) is 1. The van der Waals surface area contributed by atoms with Crippen molar-refractivity contribution in [3.05, 3.63) is 11.8 Å². The number of aryl methyl sites for hydroxylation is 1. The molecule has 1 aromatic heterocycles. The molecule has 1 amide bonds. The molecule has 0 aliphatic heterocycles. The molecule has 1 heterocycles. The van der Waals surface area contributed by atoms with E-state index in [1.54, 1.807) is 4.68 Å². The Hall–Kier alpha value is -1.36. The van der Waals surface area contributed by atoms with Crippen molar-refractivity contribution in [1.82, 2.24) is 9.78 Å². The molecule has 0 spiro atoms. The SMILES string of the molecule is CC(C)C(O)CC(=O)Nc1cc(C2CCCCC2)nn1C. The van der Waals surface area contributed by atoms with E-state index in [1.807, 2.05) is 27.0 Å². The summed E-state index contributed by atoms with van der Waals surface area (Å²) >= 11 is 0. The van der Waals surface area contributed by atoms with Crippen LogP contribution in [0.3, 0.4) is 0 Å². The topological polar surface area (TPSA) is 67.2 Å². The lowest BCUT2D eigenvalue weighted by molar-refractivity contribution is -0.118. The first kappa shape index (κ1) is 16.0. The molecule has 1 aliphatic rings. The van der Waals surface area contributed by atoms with E-state index < -0.39 is 6.10 Å². The number of carbonyl (C=O) groups is 1. The maximum absolute atomic E-state index is 12.0. The second-order valence-corrected chi connectivity index (χ2v) is 6.48. The maximum atomic E-state index is 12.0. The molecule has 1 unspecified atom stereocenters. The Morgan fingerprint density at radius 1 is 1.43 bits per heavy atom. The zero-order valence-corrected chi connectivity index (χ0v) is 13.3. The number of carbonyl (C=O) groups excluding carboxylic acids is 1. The fraction of sp³-hybridized carbons (Fsp3) is 0.750. The molecule has 2 N–H and O–H groups in total. The van der Waals surface area contributed by atoms with Crippen LogP contribution < -0.4 is 5.32 Å². The zero-order chi connectivity index (χ0) is 15.4. The number of aromatic nitrogens is 2. The quantitative estimate of drug-likeness (QED) is 0.877. The first-order valence-electron chi connectivity index (χ1n) is 7.99. The number of aliphatic hydroxyl groups excluding tert-OH is 1. The number of amides is 1. The first-order valence-corrected chi connectivity index (χ1v) is 7.99. The highest BCUT2D eigenvalue weighted by Crippen LogP contribution is 2.32. The van der Waals surface area contributed by atoms with Crippen LogP contribution in [0.25, 0.3) is 0 Å². The molecule has 0 saturated heterocycles. The van der Waals surface area contributed by atoms with Gasteiger partial charge in [-0.25, -0.2) is 0 Å². The van der Waals surface area contributed by atoms with E-state index in [-0.39, 0.29) is 18.2 Å². The Balaban J connectivity index is 1.97. The van der Waals surface area contributed by atoms with Crippen LogP contribution in [-0.2, 0) is 11.8 Å². The van der Waals surface area contributed by atoms with Gasteiger partial charge in [-0.1, -0.05) is 33.1 Å². The molecule has 2 rings (SSSR count). The number of nitrogens with zero attached hydrogens (tertiary/aromatic N) is 2. The lowest BCUT2D eigenvalue weighted by Crippen LogP contribution is -2.24. The van der Waals surface area contributed by atoms with Crippen molar-refractivity contribution in [1.29, 1.82) is 0 Å². The van der Waals surface area contributed by atoms with Gasteiger partial charge in [0.25, 0.3) is 0 Å². The molecule has 1 aromatic rings. The summed E-state index contributed by atoms with van der Waals surface area (Å²) in [6, 6.07) is 1.98. The van der Waals surface area contributed by atoms with Crippen LogP contribution in [0.1, 0.15) is 64.0 Å². The Morgan fingerprint density at radius 2 is 2.10 bits per heavy atom. The fourth-order valence-electron chi connectivity index (χ4n) is 2.82. The Bertz CT molecular complexity index is 476. The van der Waals surface area contributed by atoms with E-state index in [1.165, 1.54) is 32.1 Å². The summed E-state index contributed by atoms with van der Waals surface area (Å²) < 4.78 is 1.73. The molecule has 1 aliphatic carbocycles. The van der Waals surface area contributed by atoms with Gasteiger partial charge in [-0.2, -0.15) is 5.10 Å². The van der Waals surface area contributed by atoms with E-state index in [0.717, 1.165) is 11.5 Å². The van der Waals surface area contributed by atoms with Crippen LogP contribution >= 0.6 is 0 Å². The minimum atomic E-state index is -0.601. The van der Waals surface area contributed by atoms with Crippen LogP contribution in [0.2, 0.25) is 0 Å². The number of hydrogen-bond donors (Lipinski definition) is 2. The highest BCUT2D eigenvalue weighted by molar-refractivity contribution is 5.90. The number of rotatable bonds is 5. The molecule has 0 bridgehead atoms.